The summed E-state index contributed by atoms with van der Waals surface area (Å²) in [5, 5.41) is 8.32. The van der Waals surface area contributed by atoms with Gasteiger partial charge in [0, 0.05) is 26.2 Å². The molecule has 2 N–H and O–H groups in total. The van der Waals surface area contributed by atoms with Gasteiger partial charge in [0.05, 0.1) is 5.52 Å². The number of aromatic nitrogens is 2. The minimum Gasteiger partial charge on any atom is -0.353 e. The van der Waals surface area contributed by atoms with E-state index in [1.165, 1.54) is 6.07 Å². The second-order valence-electron chi connectivity index (χ2n) is 6.34. The van der Waals surface area contributed by atoms with Gasteiger partial charge in [-0.3, -0.25) is 5.41 Å². The Morgan fingerprint density at radius 2 is 1.91 bits per heavy atom. The molecule has 2 saturated heterocycles. The summed E-state index contributed by atoms with van der Waals surface area (Å²) in [5.74, 6) is -0.183. The number of rotatable bonds is 1. The molecule has 0 bridgehead atoms. The van der Waals surface area contributed by atoms with Crippen LogP contribution >= 0.6 is 0 Å². The Morgan fingerprint density at radius 1 is 1.23 bits per heavy atom. The van der Waals surface area contributed by atoms with Crippen molar-refractivity contribution in [3.63, 3.8) is 0 Å². The van der Waals surface area contributed by atoms with E-state index < -0.39 is 11.6 Å². The number of amidine groups is 1. The number of benzene rings is 1. The molecule has 7 heteroatoms. The van der Waals surface area contributed by atoms with Gasteiger partial charge in [-0.25, -0.2) is 13.8 Å². The predicted molar refractivity (Wildman–Crippen MR) is 78.9 cm³/mol. The topological polar surface area (TPSA) is 59.0 Å². The molecule has 2 aliphatic heterocycles. The molecule has 2 aromatic rings. The molecule has 0 spiro atoms. The van der Waals surface area contributed by atoms with Crippen LogP contribution in [0.25, 0.3) is 11.0 Å². The standard InChI is InChI=1S/C15H17F2N5/c1-21-4-8-6-22(7-9(8)5-21)14(18)15-19-11-3-2-10(16)12(17)13(11)20-15/h2-3,8-9,18H,4-7H2,1H3,(H,19,20)/t8-,9+. The molecule has 0 radical (unpaired) electrons. The number of nitrogens with zero attached hydrogens (tertiary/aromatic N) is 3. The minimum atomic E-state index is -0.965. The molecule has 0 unspecified atom stereocenters. The Hall–Kier alpha value is -2.02. The quantitative estimate of drug-likeness (QED) is 0.622. The van der Waals surface area contributed by atoms with Gasteiger partial charge < -0.3 is 14.8 Å². The molecule has 0 saturated carbocycles. The van der Waals surface area contributed by atoms with Crippen LogP contribution in [0.5, 0.6) is 0 Å². The van der Waals surface area contributed by atoms with Crippen molar-refractivity contribution in [2.24, 2.45) is 11.8 Å². The van der Waals surface area contributed by atoms with Crippen molar-refractivity contribution < 1.29 is 8.78 Å². The van der Waals surface area contributed by atoms with Crippen LogP contribution in [0.4, 0.5) is 8.78 Å². The van der Waals surface area contributed by atoms with E-state index in [9.17, 15) is 8.78 Å². The molecule has 0 aliphatic carbocycles. The number of nitrogens with one attached hydrogen (secondary N) is 2. The van der Waals surface area contributed by atoms with E-state index in [1.54, 1.807) is 0 Å². The fraction of sp³-hybridized carbons (Fsp3) is 0.467. The van der Waals surface area contributed by atoms with E-state index in [0.717, 1.165) is 32.2 Å². The number of H-pyrrole nitrogens is 1. The fourth-order valence-corrected chi connectivity index (χ4v) is 3.69. The molecule has 3 heterocycles. The highest BCUT2D eigenvalue weighted by Gasteiger charge is 2.40. The van der Waals surface area contributed by atoms with E-state index in [1.807, 2.05) is 4.90 Å². The lowest BCUT2D eigenvalue weighted by Gasteiger charge is -2.20. The third-order valence-corrected chi connectivity index (χ3v) is 4.76. The fourth-order valence-electron chi connectivity index (χ4n) is 3.69. The minimum absolute atomic E-state index is 0.0427. The largest absolute Gasteiger partial charge is 0.353 e. The van der Waals surface area contributed by atoms with Gasteiger partial charge in [-0.2, -0.15) is 0 Å². The average Bonchev–Trinajstić information content (AvgIpc) is 3.14. The number of hydrogen-bond donors (Lipinski definition) is 2. The summed E-state index contributed by atoms with van der Waals surface area (Å²) in [5.41, 5.74) is 0.372. The maximum Gasteiger partial charge on any atom is 0.186 e. The molecule has 22 heavy (non-hydrogen) atoms. The molecule has 1 aromatic heterocycles. The van der Waals surface area contributed by atoms with Crippen LogP contribution in [0, 0.1) is 28.9 Å². The number of fused-ring (bicyclic) bond motifs is 2. The van der Waals surface area contributed by atoms with Crippen LogP contribution in [0.2, 0.25) is 0 Å². The van der Waals surface area contributed by atoms with Crippen LogP contribution in [0.1, 0.15) is 5.82 Å². The Morgan fingerprint density at radius 3 is 2.59 bits per heavy atom. The zero-order chi connectivity index (χ0) is 15.4. The van der Waals surface area contributed by atoms with Crippen LogP contribution in [0.3, 0.4) is 0 Å². The maximum atomic E-state index is 13.7. The van der Waals surface area contributed by atoms with Crippen molar-refractivity contribution in [3.05, 3.63) is 29.6 Å². The first kappa shape index (κ1) is 13.6. The molecule has 2 aliphatic rings. The second kappa shape index (κ2) is 4.74. The molecule has 4 rings (SSSR count). The van der Waals surface area contributed by atoms with E-state index in [4.69, 9.17) is 5.41 Å². The number of hydrogen-bond acceptors (Lipinski definition) is 3. The first-order chi connectivity index (χ1) is 10.5. The maximum absolute atomic E-state index is 13.7. The molecular weight excluding hydrogens is 288 g/mol. The molecule has 0 amide bonds. The summed E-state index contributed by atoms with van der Waals surface area (Å²) in [7, 11) is 2.12. The smallest absolute Gasteiger partial charge is 0.186 e. The van der Waals surface area contributed by atoms with Crippen LogP contribution < -0.4 is 0 Å². The first-order valence-corrected chi connectivity index (χ1v) is 7.39. The zero-order valence-corrected chi connectivity index (χ0v) is 12.2. The van der Waals surface area contributed by atoms with Crippen molar-refractivity contribution in [2.75, 3.05) is 33.2 Å². The van der Waals surface area contributed by atoms with Gasteiger partial charge in [-0.05, 0) is 31.0 Å². The number of aromatic amines is 1. The van der Waals surface area contributed by atoms with Crippen molar-refractivity contribution in [1.82, 2.24) is 19.8 Å². The predicted octanol–water partition coefficient (Wildman–Crippen LogP) is 1.66. The van der Waals surface area contributed by atoms with Crippen molar-refractivity contribution >= 4 is 16.9 Å². The monoisotopic (exact) mass is 305 g/mol. The third-order valence-electron chi connectivity index (χ3n) is 4.76. The molecule has 2 atom stereocenters. The van der Waals surface area contributed by atoms with E-state index in [0.29, 0.717) is 23.2 Å². The molecule has 116 valence electrons. The normalized spacial score (nSPS) is 25.1. The van der Waals surface area contributed by atoms with Gasteiger partial charge in [-0.1, -0.05) is 0 Å². The summed E-state index contributed by atoms with van der Waals surface area (Å²) in [4.78, 5) is 11.3. The lowest BCUT2D eigenvalue weighted by molar-refractivity contribution is 0.347. The Balaban J connectivity index is 1.60. The van der Waals surface area contributed by atoms with Crippen LogP contribution in [-0.2, 0) is 0 Å². The number of likely N-dealkylation sites (tertiary alicyclic amines) is 2. The lowest BCUT2D eigenvalue weighted by Crippen LogP contribution is -2.33. The Labute approximate surface area is 126 Å². The summed E-state index contributed by atoms with van der Waals surface area (Å²) in [6, 6.07) is 2.52. The SMILES string of the molecule is CN1C[C@@H]2CN(C(=N)c3nc4c(F)c(F)ccc4[nH]3)C[C@@H]2C1. The first-order valence-electron chi connectivity index (χ1n) is 7.39. The van der Waals surface area contributed by atoms with E-state index >= 15 is 0 Å². The highest BCUT2D eigenvalue weighted by molar-refractivity contribution is 5.96. The van der Waals surface area contributed by atoms with Gasteiger partial charge in [0.15, 0.2) is 23.3 Å². The summed E-state index contributed by atoms with van der Waals surface area (Å²) < 4.78 is 27.0. The Kier molecular flexibility index (Phi) is 2.94. The third kappa shape index (κ3) is 1.99. The van der Waals surface area contributed by atoms with Gasteiger partial charge in [0.1, 0.15) is 5.52 Å². The lowest BCUT2D eigenvalue weighted by atomic mass is 10.0. The number of imidazole rings is 1. The van der Waals surface area contributed by atoms with Crippen molar-refractivity contribution in [2.45, 2.75) is 0 Å². The molecular formula is C15H17F2N5. The van der Waals surface area contributed by atoms with Gasteiger partial charge in [0.2, 0.25) is 0 Å². The molecule has 2 fully saturated rings. The van der Waals surface area contributed by atoms with E-state index in [-0.39, 0.29) is 11.4 Å². The van der Waals surface area contributed by atoms with E-state index in [2.05, 4.69) is 21.9 Å². The summed E-state index contributed by atoms with van der Waals surface area (Å²) in [6.45, 7) is 3.74. The van der Waals surface area contributed by atoms with Gasteiger partial charge in [0.25, 0.3) is 0 Å². The summed E-state index contributed by atoms with van der Waals surface area (Å²) in [6.07, 6.45) is 0. The zero-order valence-electron chi connectivity index (χ0n) is 12.2. The van der Waals surface area contributed by atoms with Crippen LogP contribution in [-0.4, -0.2) is 58.8 Å². The average molecular weight is 305 g/mol. The highest BCUT2D eigenvalue weighted by atomic mass is 19.2. The Bertz CT molecular complexity index is 742. The second-order valence-corrected chi connectivity index (χ2v) is 6.34. The van der Waals surface area contributed by atoms with Crippen molar-refractivity contribution in [3.8, 4) is 0 Å². The van der Waals surface area contributed by atoms with Crippen molar-refractivity contribution in [1.29, 1.82) is 5.41 Å². The summed E-state index contributed by atoms with van der Waals surface area (Å²) >= 11 is 0. The number of halogens is 2. The van der Waals surface area contributed by atoms with Crippen LogP contribution in [0.15, 0.2) is 12.1 Å². The highest BCUT2D eigenvalue weighted by Crippen LogP contribution is 2.31. The molecule has 1 aromatic carbocycles. The van der Waals surface area contributed by atoms with Gasteiger partial charge >= 0.3 is 0 Å². The molecule has 5 nitrogen and oxygen atoms in total. The van der Waals surface area contributed by atoms with Gasteiger partial charge in [-0.15, -0.1) is 0 Å².